The highest BCUT2D eigenvalue weighted by atomic mass is 35.5. The van der Waals surface area contributed by atoms with Gasteiger partial charge in [-0.2, -0.15) is 0 Å². The predicted molar refractivity (Wildman–Crippen MR) is 174 cm³/mol. The molecule has 3 aromatic carbocycles. The fourth-order valence-electron chi connectivity index (χ4n) is 5.60. The first-order valence-electron chi connectivity index (χ1n) is 15.0. The molecular formula is C35H37Cl2N3O4. The molecule has 1 amide bonds. The highest BCUT2D eigenvalue weighted by Crippen LogP contribution is 2.38. The van der Waals surface area contributed by atoms with Gasteiger partial charge in [-0.15, -0.1) is 0 Å². The van der Waals surface area contributed by atoms with Gasteiger partial charge in [-0.25, -0.2) is 4.79 Å². The molecule has 1 fully saturated rings. The van der Waals surface area contributed by atoms with Gasteiger partial charge in [-0.1, -0.05) is 90.7 Å². The molecule has 1 aromatic heterocycles. The van der Waals surface area contributed by atoms with Gasteiger partial charge in [-0.3, -0.25) is 4.79 Å². The van der Waals surface area contributed by atoms with E-state index in [1.54, 1.807) is 25.1 Å². The molecule has 1 atom stereocenters. The molecule has 1 N–H and O–H groups in total. The number of carbonyl (C=O) groups excluding carboxylic acids is 2. The minimum Gasteiger partial charge on any atom is -0.454 e. The number of hydrogen-bond acceptors (Lipinski definition) is 6. The van der Waals surface area contributed by atoms with E-state index in [1.807, 2.05) is 56.3 Å². The molecule has 4 aromatic rings. The summed E-state index contributed by atoms with van der Waals surface area (Å²) >= 11 is 12.9. The number of aryl methyl sites for hydroxylation is 1. The number of esters is 1. The maximum absolute atomic E-state index is 13.7. The molecule has 0 bridgehead atoms. The van der Waals surface area contributed by atoms with Crippen LogP contribution in [-0.2, 0) is 9.53 Å². The van der Waals surface area contributed by atoms with Crippen molar-refractivity contribution in [2.24, 2.45) is 5.92 Å². The number of carbonyl (C=O) groups is 2. The molecule has 2 heterocycles. The summed E-state index contributed by atoms with van der Waals surface area (Å²) in [6, 6.07) is 23.1. The number of ether oxygens (including phenoxy) is 1. The van der Waals surface area contributed by atoms with Crippen LogP contribution in [0.15, 0.2) is 77.3 Å². The highest BCUT2D eigenvalue weighted by Gasteiger charge is 2.29. The molecule has 9 heteroatoms. The molecule has 1 unspecified atom stereocenters. The molecule has 7 nitrogen and oxygen atoms in total. The van der Waals surface area contributed by atoms with Crippen LogP contribution in [-0.4, -0.2) is 41.6 Å². The number of likely N-dealkylation sites (tertiary alicyclic amines) is 1. The van der Waals surface area contributed by atoms with Gasteiger partial charge in [-0.05, 0) is 74.2 Å². The standard InChI is InChI=1S/C35H37Cl2N3O4/c1-22(2)34(41)38-27-12-7-11-26(21-27)24-15-18-40(19-16-24)20-17-30(25-9-5-4-6-10-25)43-35(42)31-23(3)44-39-33(31)32-28(36)13-8-14-29(32)37/h4-14,21-22,24,30H,15-20H2,1-3H3,(H,38,41). The zero-order chi connectivity index (χ0) is 31.2. The van der Waals surface area contributed by atoms with E-state index in [0.717, 1.165) is 43.7 Å². The number of nitrogens with zero attached hydrogens (tertiary/aromatic N) is 2. The Morgan fingerprint density at radius 3 is 2.36 bits per heavy atom. The highest BCUT2D eigenvalue weighted by molar-refractivity contribution is 6.39. The lowest BCUT2D eigenvalue weighted by Gasteiger charge is -2.33. The smallest absolute Gasteiger partial charge is 0.344 e. The molecule has 1 aliphatic heterocycles. The second kappa shape index (κ2) is 14.4. The Bertz CT molecular complexity index is 1580. The van der Waals surface area contributed by atoms with Crippen molar-refractivity contribution >= 4 is 40.8 Å². The quantitative estimate of drug-likeness (QED) is 0.176. The zero-order valence-electron chi connectivity index (χ0n) is 25.2. The van der Waals surface area contributed by atoms with Crippen LogP contribution >= 0.6 is 23.2 Å². The third kappa shape index (κ3) is 7.52. The lowest BCUT2D eigenvalue weighted by molar-refractivity contribution is -0.118. The van der Waals surface area contributed by atoms with E-state index in [4.69, 9.17) is 32.5 Å². The van der Waals surface area contributed by atoms with Crippen LogP contribution in [0.4, 0.5) is 5.69 Å². The van der Waals surface area contributed by atoms with Crippen molar-refractivity contribution in [3.63, 3.8) is 0 Å². The number of hydrogen-bond donors (Lipinski definition) is 1. The summed E-state index contributed by atoms with van der Waals surface area (Å²) < 4.78 is 11.6. The van der Waals surface area contributed by atoms with Crippen molar-refractivity contribution in [3.05, 3.63) is 105 Å². The number of piperidine rings is 1. The summed E-state index contributed by atoms with van der Waals surface area (Å²) in [6.45, 7) is 8.10. The van der Waals surface area contributed by atoms with E-state index in [9.17, 15) is 9.59 Å². The van der Waals surface area contributed by atoms with Crippen molar-refractivity contribution in [2.45, 2.75) is 52.1 Å². The topological polar surface area (TPSA) is 84.7 Å². The predicted octanol–water partition coefficient (Wildman–Crippen LogP) is 8.72. The second-order valence-corrected chi connectivity index (χ2v) is 12.4. The maximum Gasteiger partial charge on any atom is 0.344 e. The Kier molecular flexibility index (Phi) is 10.4. The van der Waals surface area contributed by atoms with Gasteiger partial charge < -0.3 is 19.5 Å². The van der Waals surface area contributed by atoms with Crippen LogP contribution in [0.5, 0.6) is 0 Å². The Hall–Kier alpha value is -3.65. The molecule has 5 rings (SSSR count). The summed E-state index contributed by atoms with van der Waals surface area (Å²) in [5.41, 5.74) is 3.94. The number of amides is 1. The molecular weight excluding hydrogens is 597 g/mol. The molecule has 1 aliphatic rings. The van der Waals surface area contributed by atoms with Crippen LogP contribution in [0.25, 0.3) is 11.3 Å². The first-order chi connectivity index (χ1) is 21.2. The molecule has 230 valence electrons. The van der Waals surface area contributed by atoms with E-state index >= 15 is 0 Å². The lowest BCUT2D eigenvalue weighted by atomic mass is 9.89. The van der Waals surface area contributed by atoms with Crippen molar-refractivity contribution in [2.75, 3.05) is 25.0 Å². The summed E-state index contributed by atoms with van der Waals surface area (Å²) in [5, 5.41) is 7.87. The molecule has 0 spiro atoms. The number of rotatable bonds is 10. The Morgan fingerprint density at radius 2 is 1.68 bits per heavy atom. The number of aromatic nitrogens is 1. The van der Waals surface area contributed by atoms with Gasteiger partial charge >= 0.3 is 5.97 Å². The Morgan fingerprint density at radius 1 is 1.00 bits per heavy atom. The Balaban J connectivity index is 1.25. The van der Waals surface area contributed by atoms with Gasteiger partial charge in [0.25, 0.3) is 0 Å². The monoisotopic (exact) mass is 633 g/mol. The minimum atomic E-state index is -0.535. The third-order valence-electron chi connectivity index (χ3n) is 8.13. The van der Waals surface area contributed by atoms with Crippen LogP contribution < -0.4 is 5.32 Å². The van der Waals surface area contributed by atoms with Crippen molar-refractivity contribution in [1.29, 1.82) is 0 Å². The van der Waals surface area contributed by atoms with Gasteiger partial charge in [0.15, 0.2) is 0 Å². The normalized spacial score (nSPS) is 14.9. The maximum atomic E-state index is 13.7. The van der Waals surface area contributed by atoms with E-state index in [0.29, 0.717) is 33.7 Å². The molecule has 0 aliphatic carbocycles. The van der Waals surface area contributed by atoms with E-state index in [2.05, 4.69) is 27.5 Å². The summed E-state index contributed by atoms with van der Waals surface area (Å²) in [6.07, 6.45) is 2.19. The third-order valence-corrected chi connectivity index (χ3v) is 8.76. The molecule has 44 heavy (non-hydrogen) atoms. The second-order valence-electron chi connectivity index (χ2n) is 11.5. The van der Waals surface area contributed by atoms with Gasteiger partial charge in [0.05, 0.1) is 10.0 Å². The van der Waals surface area contributed by atoms with Gasteiger partial charge in [0, 0.05) is 30.1 Å². The van der Waals surface area contributed by atoms with Gasteiger partial charge in [0.1, 0.15) is 23.1 Å². The van der Waals surface area contributed by atoms with Crippen LogP contribution in [0.2, 0.25) is 10.0 Å². The van der Waals surface area contributed by atoms with Crippen LogP contribution in [0.1, 0.15) is 72.4 Å². The average Bonchev–Trinajstić information content (AvgIpc) is 3.40. The van der Waals surface area contributed by atoms with Crippen LogP contribution in [0.3, 0.4) is 0 Å². The SMILES string of the molecule is Cc1onc(-c2c(Cl)cccc2Cl)c1C(=O)OC(CCN1CCC(c2cccc(NC(=O)C(C)C)c2)CC1)c1ccccc1. The first kappa shape index (κ1) is 31.8. The fourth-order valence-corrected chi connectivity index (χ4v) is 6.18. The molecule has 1 saturated heterocycles. The van der Waals surface area contributed by atoms with E-state index in [-0.39, 0.29) is 23.1 Å². The fraction of sp³-hybridized carbons (Fsp3) is 0.343. The van der Waals surface area contributed by atoms with Crippen molar-refractivity contribution < 1.29 is 18.8 Å². The number of nitrogens with one attached hydrogen (secondary N) is 1. The number of benzene rings is 3. The van der Waals surface area contributed by atoms with Crippen molar-refractivity contribution in [3.8, 4) is 11.3 Å². The molecule has 0 saturated carbocycles. The summed E-state index contributed by atoms with van der Waals surface area (Å²) in [7, 11) is 0. The van der Waals surface area contributed by atoms with Crippen molar-refractivity contribution in [1.82, 2.24) is 10.1 Å². The van der Waals surface area contributed by atoms with Gasteiger partial charge in [0.2, 0.25) is 5.91 Å². The lowest BCUT2D eigenvalue weighted by Crippen LogP contribution is -2.34. The van der Waals surface area contributed by atoms with E-state index in [1.165, 1.54) is 5.56 Å². The summed E-state index contributed by atoms with van der Waals surface area (Å²) in [4.78, 5) is 28.2. The first-order valence-corrected chi connectivity index (χ1v) is 15.8. The number of anilines is 1. The molecule has 0 radical (unpaired) electrons. The summed E-state index contributed by atoms with van der Waals surface area (Å²) in [5.74, 6) is 0.184. The number of halogens is 2. The Labute approximate surface area is 268 Å². The average molecular weight is 635 g/mol. The zero-order valence-corrected chi connectivity index (χ0v) is 26.7. The minimum absolute atomic E-state index is 0.0220. The van der Waals surface area contributed by atoms with Crippen LogP contribution in [0, 0.1) is 12.8 Å². The van der Waals surface area contributed by atoms with E-state index < -0.39 is 12.1 Å². The largest absolute Gasteiger partial charge is 0.454 e.